The van der Waals surface area contributed by atoms with Crippen LogP contribution in [0.1, 0.15) is 37.7 Å². The Morgan fingerprint density at radius 1 is 1.10 bits per heavy atom. The smallest absolute Gasteiger partial charge is 0.412 e. The summed E-state index contributed by atoms with van der Waals surface area (Å²) >= 11 is 0. The highest BCUT2D eigenvalue weighted by Crippen LogP contribution is 2.38. The van der Waals surface area contributed by atoms with E-state index in [1.807, 2.05) is 6.07 Å². The number of nitrogens with one attached hydrogen (secondary N) is 2. The van der Waals surface area contributed by atoms with Crippen LogP contribution in [0, 0.1) is 19.7 Å². The van der Waals surface area contributed by atoms with Crippen LogP contribution in [0.5, 0.6) is 0 Å². The molecule has 0 spiro atoms. The van der Waals surface area contributed by atoms with Crippen molar-refractivity contribution >= 4 is 45.8 Å². The third kappa shape index (κ3) is 5.63. The van der Waals surface area contributed by atoms with E-state index in [0.717, 1.165) is 5.69 Å². The lowest BCUT2D eigenvalue weighted by molar-refractivity contribution is -0.130. The van der Waals surface area contributed by atoms with Crippen molar-refractivity contribution in [3.05, 3.63) is 53.4 Å². The van der Waals surface area contributed by atoms with Gasteiger partial charge in [0.05, 0.1) is 17.1 Å². The van der Waals surface area contributed by atoms with Gasteiger partial charge in [-0.15, -0.1) is 0 Å². The van der Waals surface area contributed by atoms with E-state index in [2.05, 4.69) is 25.7 Å². The number of nitrogens with two attached hydrogens (primary N) is 1. The van der Waals surface area contributed by atoms with Gasteiger partial charge in [-0.2, -0.15) is 5.10 Å². The van der Waals surface area contributed by atoms with E-state index in [1.54, 1.807) is 69.6 Å². The fourth-order valence-electron chi connectivity index (χ4n) is 4.72. The average molecular weight is 561 g/mol. The number of benzene rings is 1. The Morgan fingerprint density at radius 2 is 1.85 bits per heavy atom. The molecule has 3 aromatic heterocycles. The highest BCUT2D eigenvalue weighted by Gasteiger charge is 2.24. The Bertz CT molecular complexity index is 1690. The summed E-state index contributed by atoms with van der Waals surface area (Å²) in [5, 5.41) is 11.3. The summed E-state index contributed by atoms with van der Waals surface area (Å²) < 4.78 is 23.2. The van der Waals surface area contributed by atoms with Gasteiger partial charge < -0.3 is 20.7 Å². The lowest BCUT2D eigenvalue weighted by atomic mass is 9.96. The minimum Gasteiger partial charge on any atom is -0.444 e. The summed E-state index contributed by atoms with van der Waals surface area (Å²) in [4.78, 5) is 35.4. The topological polar surface area (TPSA) is 140 Å². The number of ether oxygens (including phenoxy) is 1. The maximum Gasteiger partial charge on any atom is 0.412 e. The normalized spacial score (nSPS) is 13.6. The second kappa shape index (κ2) is 10.3. The molecular formula is C29H33FN8O3. The summed E-state index contributed by atoms with van der Waals surface area (Å²) in [6, 6.07) is 5.30. The molecule has 0 saturated carbocycles. The summed E-state index contributed by atoms with van der Waals surface area (Å²) in [7, 11) is 1.78. The number of nitrogens with zero attached hydrogens (tertiary/aromatic N) is 5. The highest BCUT2D eigenvalue weighted by molar-refractivity contribution is 6.04. The van der Waals surface area contributed by atoms with Crippen molar-refractivity contribution < 1.29 is 18.7 Å². The van der Waals surface area contributed by atoms with Gasteiger partial charge in [0.2, 0.25) is 5.91 Å². The molecule has 12 heteroatoms. The van der Waals surface area contributed by atoms with Gasteiger partial charge in [0.1, 0.15) is 18.0 Å². The number of likely N-dealkylation sites (N-methyl/N-ethyl adjacent to an activating group) is 1. The Balaban J connectivity index is 1.58. The number of aryl methyl sites for hydroxylation is 1. The zero-order valence-corrected chi connectivity index (χ0v) is 23.9. The van der Waals surface area contributed by atoms with Crippen LogP contribution < -0.4 is 16.4 Å². The third-order valence-electron chi connectivity index (χ3n) is 7.00. The van der Waals surface area contributed by atoms with E-state index in [9.17, 15) is 9.59 Å². The number of halogens is 1. The van der Waals surface area contributed by atoms with E-state index in [1.165, 1.54) is 6.20 Å². The predicted molar refractivity (Wildman–Crippen MR) is 156 cm³/mol. The standard InChI is InChI=1S/C29H33FN8O3/c1-15-20(12-32-16(2)26(15)31)19-9-17-10-22(34-23-11-18-7-8-37(6)24(39)14-38(18)36-23)33-13-21(17)27(25(19)30)35-28(40)41-29(3,4)5/h9-13H,7-8,14,31H2,1-6H3,(H,35,40)(H,33,34,36). The quantitative estimate of drug-likeness (QED) is 0.319. The fourth-order valence-corrected chi connectivity index (χ4v) is 4.72. The first-order valence-electron chi connectivity index (χ1n) is 13.2. The second-order valence-electron chi connectivity index (χ2n) is 11.2. The van der Waals surface area contributed by atoms with Gasteiger partial charge in [0, 0.05) is 60.7 Å². The zero-order valence-electron chi connectivity index (χ0n) is 23.9. The Labute approximate surface area is 236 Å². The van der Waals surface area contributed by atoms with Crippen molar-refractivity contribution in [2.24, 2.45) is 0 Å². The molecule has 41 heavy (non-hydrogen) atoms. The van der Waals surface area contributed by atoms with Crippen molar-refractivity contribution in [3.8, 4) is 11.1 Å². The first-order chi connectivity index (χ1) is 19.3. The number of hydrogen-bond acceptors (Lipinski definition) is 8. The second-order valence-corrected chi connectivity index (χ2v) is 11.2. The molecule has 5 rings (SSSR count). The molecule has 214 valence electrons. The monoisotopic (exact) mass is 560 g/mol. The summed E-state index contributed by atoms with van der Waals surface area (Å²) in [6.07, 6.45) is 2.93. The van der Waals surface area contributed by atoms with Gasteiger partial charge in [0.25, 0.3) is 0 Å². The molecule has 0 fully saturated rings. The van der Waals surface area contributed by atoms with Crippen molar-refractivity contribution in [3.63, 3.8) is 0 Å². The fraction of sp³-hybridized carbons (Fsp3) is 0.345. The highest BCUT2D eigenvalue weighted by atomic mass is 19.1. The van der Waals surface area contributed by atoms with Crippen LogP contribution in [0.3, 0.4) is 0 Å². The number of fused-ring (bicyclic) bond motifs is 2. The molecule has 11 nitrogen and oxygen atoms in total. The van der Waals surface area contributed by atoms with Crippen LogP contribution in [0.2, 0.25) is 0 Å². The molecule has 0 atom stereocenters. The molecule has 0 saturated heterocycles. The molecule has 2 amide bonds. The lowest BCUT2D eigenvalue weighted by Gasteiger charge is -2.21. The van der Waals surface area contributed by atoms with Gasteiger partial charge in [-0.1, -0.05) is 0 Å². The maximum atomic E-state index is 16.1. The molecule has 0 aliphatic carbocycles. The predicted octanol–water partition coefficient (Wildman–Crippen LogP) is 4.94. The van der Waals surface area contributed by atoms with E-state index in [4.69, 9.17) is 10.5 Å². The molecule has 1 aliphatic heterocycles. The molecule has 4 aromatic rings. The van der Waals surface area contributed by atoms with E-state index in [0.29, 0.717) is 57.9 Å². The van der Waals surface area contributed by atoms with Crippen molar-refractivity contribution in [1.29, 1.82) is 0 Å². The molecule has 1 aliphatic rings. The molecule has 4 heterocycles. The number of amides is 2. The number of pyridine rings is 2. The summed E-state index contributed by atoms with van der Waals surface area (Å²) in [6.45, 7) is 9.53. The minimum atomic E-state index is -0.796. The van der Waals surface area contributed by atoms with E-state index < -0.39 is 17.5 Å². The number of hydrogen-bond donors (Lipinski definition) is 3. The average Bonchev–Trinajstić information content (AvgIpc) is 3.21. The Hall–Kier alpha value is -4.74. The zero-order chi connectivity index (χ0) is 29.6. The SMILES string of the molecule is Cc1ncc(-c2cc3cc(Nc4cc5n(n4)CC(=O)N(C)CC5)ncc3c(NC(=O)OC(C)(C)C)c2F)c(C)c1N. The van der Waals surface area contributed by atoms with Gasteiger partial charge in [-0.05, 0) is 57.7 Å². The molecular weight excluding hydrogens is 527 g/mol. The number of carbonyl (C=O) groups excluding carboxylic acids is 2. The van der Waals surface area contributed by atoms with E-state index >= 15 is 4.39 Å². The first-order valence-corrected chi connectivity index (χ1v) is 13.2. The molecule has 0 unspecified atom stereocenters. The van der Waals surface area contributed by atoms with Crippen LogP contribution >= 0.6 is 0 Å². The summed E-state index contributed by atoms with van der Waals surface area (Å²) in [5.74, 6) is 0.313. The Morgan fingerprint density at radius 3 is 2.59 bits per heavy atom. The largest absolute Gasteiger partial charge is 0.444 e. The first kappa shape index (κ1) is 27.8. The number of carbonyl (C=O) groups is 2. The van der Waals surface area contributed by atoms with Crippen LogP contribution in [0.25, 0.3) is 21.9 Å². The molecule has 4 N–H and O–H groups in total. The van der Waals surface area contributed by atoms with E-state index in [-0.39, 0.29) is 23.7 Å². The van der Waals surface area contributed by atoms with Gasteiger partial charge >= 0.3 is 6.09 Å². The molecule has 1 aromatic carbocycles. The van der Waals surface area contributed by atoms with Crippen molar-refractivity contribution in [1.82, 2.24) is 24.6 Å². The summed E-state index contributed by atoms with van der Waals surface area (Å²) in [5.41, 5.74) is 8.79. The molecule has 0 radical (unpaired) electrons. The number of rotatable bonds is 4. The number of aromatic nitrogens is 4. The van der Waals surface area contributed by atoms with Crippen molar-refractivity contribution in [2.75, 3.05) is 30.0 Å². The minimum absolute atomic E-state index is 0.0108. The van der Waals surface area contributed by atoms with Gasteiger partial charge in [-0.3, -0.25) is 19.8 Å². The van der Waals surface area contributed by atoms with Gasteiger partial charge in [0.15, 0.2) is 11.6 Å². The van der Waals surface area contributed by atoms with Crippen LogP contribution in [0.4, 0.5) is 32.2 Å². The lowest BCUT2D eigenvalue weighted by Crippen LogP contribution is -2.29. The maximum absolute atomic E-state index is 16.1. The third-order valence-corrected chi connectivity index (χ3v) is 7.00. The van der Waals surface area contributed by atoms with Crippen LogP contribution in [-0.4, -0.2) is 55.8 Å². The van der Waals surface area contributed by atoms with Gasteiger partial charge in [-0.25, -0.2) is 14.2 Å². The van der Waals surface area contributed by atoms with Crippen LogP contribution in [0.15, 0.2) is 30.6 Å². The number of anilines is 4. The number of nitrogen functional groups attached to an aromatic ring is 1. The van der Waals surface area contributed by atoms with Crippen LogP contribution in [-0.2, 0) is 22.5 Å². The van der Waals surface area contributed by atoms with Crippen molar-refractivity contribution in [2.45, 2.75) is 53.2 Å². The molecule has 0 bridgehead atoms. The Kier molecular flexibility index (Phi) is 7.02.